The van der Waals surface area contributed by atoms with Gasteiger partial charge in [0.1, 0.15) is 23.1 Å². The SMILES string of the molecule is Fc1ccc(Oc2cc(F)ccc2Br)c(CNC2CC2)c1. The average Bonchev–Trinajstić information content (AvgIpc) is 3.27. The highest BCUT2D eigenvalue weighted by Gasteiger charge is 2.21. The number of halogens is 3. The third kappa shape index (κ3) is 3.80. The topological polar surface area (TPSA) is 21.3 Å². The molecule has 2 aromatic carbocycles. The van der Waals surface area contributed by atoms with Crippen molar-refractivity contribution in [1.29, 1.82) is 0 Å². The molecule has 1 aliphatic rings. The van der Waals surface area contributed by atoms with Gasteiger partial charge in [0.2, 0.25) is 0 Å². The van der Waals surface area contributed by atoms with E-state index in [1.807, 2.05) is 0 Å². The fraction of sp³-hybridized carbons (Fsp3) is 0.250. The predicted octanol–water partition coefficient (Wildman–Crippen LogP) is 4.77. The van der Waals surface area contributed by atoms with Crippen LogP contribution < -0.4 is 10.1 Å². The Morgan fingerprint density at radius 2 is 1.76 bits per heavy atom. The van der Waals surface area contributed by atoms with E-state index in [1.165, 1.54) is 24.3 Å². The summed E-state index contributed by atoms with van der Waals surface area (Å²) in [5.41, 5.74) is 0.720. The summed E-state index contributed by atoms with van der Waals surface area (Å²) in [6.07, 6.45) is 2.31. The fourth-order valence-electron chi connectivity index (χ4n) is 2.00. The molecule has 0 heterocycles. The van der Waals surface area contributed by atoms with E-state index in [1.54, 1.807) is 12.1 Å². The van der Waals surface area contributed by atoms with E-state index in [-0.39, 0.29) is 11.6 Å². The molecule has 21 heavy (non-hydrogen) atoms. The van der Waals surface area contributed by atoms with Gasteiger partial charge in [0.15, 0.2) is 0 Å². The molecule has 1 saturated carbocycles. The summed E-state index contributed by atoms with van der Waals surface area (Å²) in [6.45, 7) is 0.532. The number of nitrogens with one attached hydrogen (secondary N) is 1. The maximum Gasteiger partial charge on any atom is 0.144 e. The average molecular weight is 354 g/mol. The highest BCUT2D eigenvalue weighted by atomic mass is 79.9. The Morgan fingerprint density at radius 1 is 1.05 bits per heavy atom. The van der Waals surface area contributed by atoms with Gasteiger partial charge < -0.3 is 10.1 Å². The van der Waals surface area contributed by atoms with Crippen LogP contribution in [0, 0.1) is 11.6 Å². The van der Waals surface area contributed by atoms with Gasteiger partial charge in [-0.15, -0.1) is 0 Å². The highest BCUT2D eigenvalue weighted by molar-refractivity contribution is 9.10. The molecule has 2 aromatic rings. The predicted molar refractivity (Wildman–Crippen MR) is 80.4 cm³/mol. The van der Waals surface area contributed by atoms with Crippen LogP contribution in [-0.4, -0.2) is 6.04 Å². The lowest BCUT2D eigenvalue weighted by atomic mass is 10.2. The number of hydrogen-bond acceptors (Lipinski definition) is 2. The van der Waals surface area contributed by atoms with Crippen molar-refractivity contribution in [1.82, 2.24) is 5.32 Å². The first kappa shape index (κ1) is 14.5. The maximum atomic E-state index is 13.4. The van der Waals surface area contributed by atoms with Crippen molar-refractivity contribution in [2.45, 2.75) is 25.4 Å². The Morgan fingerprint density at radius 3 is 2.52 bits per heavy atom. The lowest BCUT2D eigenvalue weighted by molar-refractivity contribution is 0.462. The summed E-state index contributed by atoms with van der Waals surface area (Å²) in [4.78, 5) is 0. The minimum Gasteiger partial charge on any atom is -0.456 e. The Bertz CT molecular complexity index is 659. The van der Waals surface area contributed by atoms with Crippen molar-refractivity contribution >= 4 is 15.9 Å². The van der Waals surface area contributed by atoms with Crippen LogP contribution in [-0.2, 0) is 6.54 Å². The quantitative estimate of drug-likeness (QED) is 0.835. The second-order valence-electron chi connectivity index (χ2n) is 5.08. The molecule has 5 heteroatoms. The number of ether oxygens (including phenoxy) is 1. The Hall–Kier alpha value is -1.46. The Labute approximate surface area is 130 Å². The van der Waals surface area contributed by atoms with Gasteiger partial charge in [-0.2, -0.15) is 0 Å². The van der Waals surface area contributed by atoms with E-state index in [0.29, 0.717) is 28.6 Å². The molecule has 1 aliphatic carbocycles. The molecule has 1 N–H and O–H groups in total. The third-order valence-electron chi connectivity index (χ3n) is 3.29. The standard InChI is InChI=1S/C16H14BrF2NO/c17-14-5-1-12(19)8-16(14)21-15-6-2-11(18)7-10(15)9-20-13-3-4-13/h1-2,5-8,13,20H,3-4,9H2. The lowest BCUT2D eigenvalue weighted by Gasteiger charge is -2.13. The minimum absolute atomic E-state index is 0.312. The van der Waals surface area contributed by atoms with Crippen molar-refractivity contribution in [3.8, 4) is 11.5 Å². The fourth-order valence-corrected chi connectivity index (χ4v) is 2.33. The molecular weight excluding hydrogens is 340 g/mol. The molecule has 0 bridgehead atoms. The number of rotatable bonds is 5. The second-order valence-corrected chi connectivity index (χ2v) is 5.94. The van der Waals surface area contributed by atoms with Gasteiger partial charge in [0.05, 0.1) is 4.47 Å². The minimum atomic E-state index is -0.382. The van der Waals surface area contributed by atoms with Gasteiger partial charge in [-0.25, -0.2) is 8.78 Å². The van der Waals surface area contributed by atoms with E-state index in [2.05, 4.69) is 21.2 Å². The van der Waals surface area contributed by atoms with Crippen LogP contribution >= 0.6 is 15.9 Å². The zero-order valence-electron chi connectivity index (χ0n) is 11.2. The van der Waals surface area contributed by atoms with Crippen LogP contribution in [0.3, 0.4) is 0 Å². The van der Waals surface area contributed by atoms with E-state index in [4.69, 9.17) is 4.74 Å². The van der Waals surface area contributed by atoms with E-state index in [0.717, 1.165) is 18.4 Å². The van der Waals surface area contributed by atoms with Gasteiger partial charge >= 0.3 is 0 Å². The Kier molecular flexibility index (Phi) is 4.22. The van der Waals surface area contributed by atoms with Crippen molar-refractivity contribution in [3.05, 3.63) is 58.1 Å². The molecule has 0 aromatic heterocycles. The van der Waals surface area contributed by atoms with Crippen LogP contribution in [0.1, 0.15) is 18.4 Å². The smallest absolute Gasteiger partial charge is 0.144 e. The molecule has 0 atom stereocenters. The molecule has 0 spiro atoms. The second kappa shape index (κ2) is 6.12. The number of benzene rings is 2. The van der Waals surface area contributed by atoms with Gasteiger partial charge in [-0.05, 0) is 59.1 Å². The Balaban J connectivity index is 1.84. The van der Waals surface area contributed by atoms with E-state index >= 15 is 0 Å². The van der Waals surface area contributed by atoms with Crippen molar-refractivity contribution in [2.24, 2.45) is 0 Å². The normalized spacial score (nSPS) is 14.2. The number of hydrogen-bond donors (Lipinski definition) is 1. The molecule has 0 unspecified atom stereocenters. The van der Waals surface area contributed by atoms with Crippen LogP contribution in [0.5, 0.6) is 11.5 Å². The molecule has 0 radical (unpaired) electrons. The van der Waals surface area contributed by atoms with Crippen molar-refractivity contribution in [3.63, 3.8) is 0 Å². The first-order valence-corrected chi connectivity index (χ1v) is 7.56. The van der Waals surface area contributed by atoms with Crippen LogP contribution in [0.2, 0.25) is 0 Å². The van der Waals surface area contributed by atoms with Crippen molar-refractivity contribution < 1.29 is 13.5 Å². The molecule has 2 nitrogen and oxygen atoms in total. The molecule has 0 amide bonds. The first-order valence-electron chi connectivity index (χ1n) is 6.76. The van der Waals surface area contributed by atoms with E-state index < -0.39 is 0 Å². The molecule has 1 fully saturated rings. The van der Waals surface area contributed by atoms with Gasteiger partial charge in [-0.1, -0.05) is 0 Å². The highest BCUT2D eigenvalue weighted by Crippen LogP contribution is 2.32. The first-order chi connectivity index (χ1) is 10.1. The summed E-state index contributed by atoms with van der Waals surface area (Å²) in [5.74, 6) is 0.200. The summed E-state index contributed by atoms with van der Waals surface area (Å²) in [6, 6.07) is 9.08. The molecule has 3 rings (SSSR count). The zero-order chi connectivity index (χ0) is 14.8. The maximum absolute atomic E-state index is 13.4. The van der Waals surface area contributed by atoms with Gasteiger partial charge in [0.25, 0.3) is 0 Å². The van der Waals surface area contributed by atoms with Crippen molar-refractivity contribution in [2.75, 3.05) is 0 Å². The molecule has 0 aliphatic heterocycles. The summed E-state index contributed by atoms with van der Waals surface area (Å²) >= 11 is 3.32. The molecule has 110 valence electrons. The monoisotopic (exact) mass is 353 g/mol. The van der Waals surface area contributed by atoms with Gasteiger partial charge in [-0.3, -0.25) is 0 Å². The van der Waals surface area contributed by atoms with Crippen LogP contribution in [0.15, 0.2) is 40.9 Å². The third-order valence-corrected chi connectivity index (χ3v) is 3.95. The van der Waals surface area contributed by atoms with Gasteiger partial charge in [0, 0.05) is 24.2 Å². The van der Waals surface area contributed by atoms with E-state index in [9.17, 15) is 8.78 Å². The molecular formula is C16H14BrF2NO. The molecule has 0 saturated heterocycles. The summed E-state index contributed by atoms with van der Waals surface area (Å²) in [5, 5.41) is 3.32. The van der Waals surface area contributed by atoms with Crippen LogP contribution in [0.25, 0.3) is 0 Å². The largest absolute Gasteiger partial charge is 0.456 e. The zero-order valence-corrected chi connectivity index (χ0v) is 12.8. The summed E-state index contributed by atoms with van der Waals surface area (Å²) in [7, 11) is 0. The summed E-state index contributed by atoms with van der Waals surface area (Å²) < 4.78 is 33.1. The lowest BCUT2D eigenvalue weighted by Crippen LogP contribution is -2.16. The van der Waals surface area contributed by atoms with Crippen LogP contribution in [0.4, 0.5) is 8.78 Å².